The summed E-state index contributed by atoms with van der Waals surface area (Å²) < 4.78 is 0. The lowest BCUT2D eigenvalue weighted by Gasteiger charge is -2.15. The third kappa shape index (κ3) is 8.98. The molecule has 0 aliphatic heterocycles. The van der Waals surface area contributed by atoms with E-state index >= 15 is 0 Å². The fourth-order valence-electron chi connectivity index (χ4n) is 1.59. The lowest BCUT2D eigenvalue weighted by atomic mass is 9.98. The van der Waals surface area contributed by atoms with Crippen molar-refractivity contribution in [3.63, 3.8) is 0 Å². The van der Waals surface area contributed by atoms with Crippen molar-refractivity contribution in [1.82, 2.24) is 0 Å². The van der Waals surface area contributed by atoms with Gasteiger partial charge in [0.2, 0.25) is 0 Å². The molecule has 0 heterocycles. The molecule has 5 heteroatoms. The van der Waals surface area contributed by atoms with Crippen LogP contribution in [0.15, 0.2) is 5.16 Å². The SMILES string of the molecule is CCCCCC(=O)O.O/N=C1/CCCCC1Cl. The van der Waals surface area contributed by atoms with E-state index in [2.05, 4.69) is 12.1 Å². The number of carboxylic acid groups (broad SMARTS) is 1. The van der Waals surface area contributed by atoms with Crippen molar-refractivity contribution in [1.29, 1.82) is 0 Å². The smallest absolute Gasteiger partial charge is 0.303 e. The summed E-state index contributed by atoms with van der Waals surface area (Å²) in [6, 6.07) is 0. The van der Waals surface area contributed by atoms with E-state index in [1.807, 2.05) is 0 Å². The predicted molar refractivity (Wildman–Crippen MR) is 69.1 cm³/mol. The number of halogens is 1. The van der Waals surface area contributed by atoms with Gasteiger partial charge in [0.15, 0.2) is 0 Å². The zero-order chi connectivity index (χ0) is 13.1. The number of oxime groups is 1. The molecule has 1 saturated carbocycles. The third-order valence-electron chi connectivity index (χ3n) is 2.62. The highest BCUT2D eigenvalue weighted by atomic mass is 35.5. The molecule has 1 aliphatic rings. The zero-order valence-electron chi connectivity index (χ0n) is 10.4. The number of hydrogen-bond acceptors (Lipinski definition) is 3. The topological polar surface area (TPSA) is 69.9 Å². The molecule has 2 N–H and O–H groups in total. The quantitative estimate of drug-likeness (QED) is 0.352. The van der Waals surface area contributed by atoms with Gasteiger partial charge < -0.3 is 10.3 Å². The summed E-state index contributed by atoms with van der Waals surface area (Å²) in [6.45, 7) is 2.06. The van der Waals surface area contributed by atoms with E-state index in [0.717, 1.165) is 50.7 Å². The number of alkyl halides is 1. The number of nitrogens with zero attached hydrogens (tertiary/aromatic N) is 1. The molecule has 1 unspecified atom stereocenters. The van der Waals surface area contributed by atoms with Gasteiger partial charge in [-0.25, -0.2) is 0 Å². The Morgan fingerprint density at radius 1 is 1.47 bits per heavy atom. The Morgan fingerprint density at radius 3 is 2.59 bits per heavy atom. The Labute approximate surface area is 108 Å². The van der Waals surface area contributed by atoms with E-state index in [9.17, 15) is 4.79 Å². The van der Waals surface area contributed by atoms with E-state index in [1.54, 1.807) is 0 Å². The van der Waals surface area contributed by atoms with E-state index in [0.29, 0.717) is 6.42 Å². The van der Waals surface area contributed by atoms with Crippen LogP contribution in [-0.2, 0) is 4.79 Å². The predicted octanol–water partition coefficient (Wildman–Crippen LogP) is 3.65. The van der Waals surface area contributed by atoms with Gasteiger partial charge in [0.05, 0.1) is 11.1 Å². The van der Waals surface area contributed by atoms with Crippen molar-refractivity contribution in [2.45, 2.75) is 63.7 Å². The van der Waals surface area contributed by atoms with Crippen molar-refractivity contribution < 1.29 is 15.1 Å². The second-order valence-corrected chi connectivity index (χ2v) is 4.68. The maximum atomic E-state index is 9.87. The number of hydrogen-bond donors (Lipinski definition) is 2. The minimum atomic E-state index is -0.682. The van der Waals surface area contributed by atoms with Crippen LogP contribution in [0.25, 0.3) is 0 Å². The summed E-state index contributed by atoms with van der Waals surface area (Å²) in [5, 5.41) is 19.6. The van der Waals surface area contributed by atoms with Gasteiger partial charge in [0, 0.05) is 6.42 Å². The fraction of sp³-hybridized carbons (Fsp3) is 0.833. The van der Waals surface area contributed by atoms with E-state index in [-0.39, 0.29) is 5.38 Å². The van der Waals surface area contributed by atoms with Crippen molar-refractivity contribution >= 4 is 23.3 Å². The Kier molecular flexibility index (Phi) is 9.92. The lowest BCUT2D eigenvalue weighted by molar-refractivity contribution is -0.137. The van der Waals surface area contributed by atoms with Crippen LogP contribution in [0.3, 0.4) is 0 Å². The lowest BCUT2D eigenvalue weighted by Crippen LogP contribution is -2.18. The van der Waals surface area contributed by atoms with Gasteiger partial charge in [0.1, 0.15) is 0 Å². The summed E-state index contributed by atoms with van der Waals surface area (Å²) >= 11 is 5.79. The Morgan fingerprint density at radius 2 is 2.18 bits per heavy atom. The fourth-order valence-corrected chi connectivity index (χ4v) is 1.90. The maximum absolute atomic E-state index is 9.87. The van der Waals surface area contributed by atoms with Crippen LogP contribution in [0.2, 0.25) is 0 Å². The molecule has 0 aromatic rings. The van der Waals surface area contributed by atoms with Crippen molar-refractivity contribution in [3.05, 3.63) is 0 Å². The molecular formula is C12H22ClNO3. The maximum Gasteiger partial charge on any atom is 0.303 e. The first-order chi connectivity index (χ1) is 8.11. The molecule has 0 amide bonds. The molecule has 100 valence electrons. The van der Waals surface area contributed by atoms with E-state index < -0.39 is 5.97 Å². The molecule has 1 rings (SSSR count). The van der Waals surface area contributed by atoms with Gasteiger partial charge in [-0.3, -0.25) is 4.79 Å². The van der Waals surface area contributed by atoms with Gasteiger partial charge >= 0.3 is 5.97 Å². The first kappa shape index (κ1) is 16.2. The first-order valence-electron chi connectivity index (χ1n) is 6.18. The van der Waals surface area contributed by atoms with Crippen molar-refractivity contribution in [3.8, 4) is 0 Å². The summed E-state index contributed by atoms with van der Waals surface area (Å²) in [5.74, 6) is -0.682. The van der Waals surface area contributed by atoms with Crippen LogP contribution in [0, 0.1) is 0 Å². The highest BCUT2D eigenvalue weighted by Crippen LogP contribution is 2.19. The van der Waals surface area contributed by atoms with Gasteiger partial charge in [-0.1, -0.05) is 31.3 Å². The average molecular weight is 264 g/mol. The minimum absolute atomic E-state index is 0.0104. The van der Waals surface area contributed by atoms with Gasteiger partial charge in [0.25, 0.3) is 0 Å². The van der Waals surface area contributed by atoms with E-state index in [1.165, 1.54) is 0 Å². The standard InChI is InChI=1S/C6H10ClNO.C6H12O2/c7-5-3-1-2-4-6(5)8-9;1-2-3-4-5-6(7)8/h5,9H,1-4H2;2-5H2,1H3,(H,7,8)/b8-6-;. The van der Waals surface area contributed by atoms with Crippen LogP contribution < -0.4 is 0 Å². The molecule has 0 aromatic carbocycles. The average Bonchev–Trinajstić information content (AvgIpc) is 2.30. The molecule has 0 saturated heterocycles. The Balaban J connectivity index is 0.000000304. The summed E-state index contributed by atoms with van der Waals surface area (Å²) in [4.78, 5) is 9.87. The molecule has 1 aliphatic carbocycles. The molecule has 1 atom stereocenters. The second-order valence-electron chi connectivity index (χ2n) is 4.16. The summed E-state index contributed by atoms with van der Waals surface area (Å²) in [5.41, 5.74) is 0.753. The number of carboxylic acids is 1. The number of carbonyl (C=O) groups is 1. The van der Waals surface area contributed by atoms with Crippen molar-refractivity contribution in [2.75, 3.05) is 0 Å². The van der Waals surface area contributed by atoms with E-state index in [4.69, 9.17) is 21.9 Å². The number of unbranched alkanes of at least 4 members (excludes halogenated alkanes) is 2. The first-order valence-corrected chi connectivity index (χ1v) is 6.62. The van der Waals surface area contributed by atoms with Crippen molar-refractivity contribution in [2.24, 2.45) is 5.16 Å². The van der Waals surface area contributed by atoms with Gasteiger partial charge in [-0.05, 0) is 25.7 Å². The molecule has 0 radical (unpaired) electrons. The van der Waals surface area contributed by atoms with Crippen LogP contribution in [0.1, 0.15) is 58.3 Å². The normalized spacial score (nSPS) is 21.8. The highest BCUT2D eigenvalue weighted by molar-refractivity contribution is 6.32. The van der Waals surface area contributed by atoms with Crippen LogP contribution in [0.5, 0.6) is 0 Å². The van der Waals surface area contributed by atoms with Crippen LogP contribution in [0.4, 0.5) is 0 Å². The zero-order valence-corrected chi connectivity index (χ0v) is 11.1. The van der Waals surface area contributed by atoms with Gasteiger partial charge in [-0.2, -0.15) is 0 Å². The molecule has 0 aromatic heterocycles. The highest BCUT2D eigenvalue weighted by Gasteiger charge is 2.17. The monoisotopic (exact) mass is 263 g/mol. The summed E-state index contributed by atoms with van der Waals surface area (Å²) in [6.07, 6.45) is 7.38. The molecule has 0 bridgehead atoms. The van der Waals surface area contributed by atoms with Crippen LogP contribution >= 0.6 is 11.6 Å². The molecule has 4 nitrogen and oxygen atoms in total. The largest absolute Gasteiger partial charge is 0.481 e. The molecular weight excluding hydrogens is 242 g/mol. The number of aliphatic carboxylic acids is 1. The third-order valence-corrected chi connectivity index (χ3v) is 3.09. The summed E-state index contributed by atoms with van der Waals surface area (Å²) in [7, 11) is 0. The molecule has 0 spiro atoms. The van der Waals surface area contributed by atoms with Gasteiger partial charge in [-0.15, -0.1) is 11.6 Å². The second kappa shape index (κ2) is 10.4. The number of rotatable bonds is 4. The molecule has 17 heavy (non-hydrogen) atoms. The minimum Gasteiger partial charge on any atom is -0.481 e. The Bertz CT molecular complexity index is 244. The molecule has 1 fully saturated rings. The Hall–Kier alpha value is -0.770. The van der Waals surface area contributed by atoms with Crippen LogP contribution in [-0.4, -0.2) is 27.4 Å².